The summed E-state index contributed by atoms with van der Waals surface area (Å²) in [5.74, 6) is 0. The molecule has 3 rings (SSSR count). The van der Waals surface area contributed by atoms with E-state index in [-0.39, 0.29) is 12.1 Å². The molecule has 0 radical (unpaired) electrons. The van der Waals surface area contributed by atoms with Gasteiger partial charge in [-0.2, -0.15) is 0 Å². The summed E-state index contributed by atoms with van der Waals surface area (Å²) >= 11 is 6.43. The molecule has 0 saturated carbocycles. The predicted octanol–water partition coefficient (Wildman–Crippen LogP) is 3.70. The topological polar surface area (TPSA) is 43.8 Å². The van der Waals surface area contributed by atoms with Crippen LogP contribution in [0, 0.1) is 0 Å². The van der Waals surface area contributed by atoms with Gasteiger partial charge in [-0.25, -0.2) is 4.79 Å². The lowest BCUT2D eigenvalue weighted by molar-refractivity contribution is 0.103. The largest absolute Gasteiger partial charge is 0.376 e. The van der Waals surface area contributed by atoms with Gasteiger partial charge in [-0.05, 0) is 11.1 Å². The third-order valence-electron chi connectivity index (χ3n) is 3.81. The van der Waals surface area contributed by atoms with E-state index >= 15 is 0 Å². The molecule has 2 amide bonds. The molecule has 1 unspecified atom stereocenters. The molecule has 1 N–H and O–H groups in total. The quantitative estimate of drug-likeness (QED) is 0.930. The zero-order valence-electron chi connectivity index (χ0n) is 12.5. The van der Waals surface area contributed by atoms with E-state index in [1.807, 2.05) is 60.7 Å². The van der Waals surface area contributed by atoms with Crippen molar-refractivity contribution in [2.75, 3.05) is 6.73 Å². The fraction of sp³-hybridized carbons (Fsp3) is 0.167. The lowest BCUT2D eigenvalue weighted by Crippen LogP contribution is -2.46. The molecule has 5 heteroatoms. The second-order valence-electron chi connectivity index (χ2n) is 5.33. The molecular weight excluding hydrogens is 312 g/mol. The van der Waals surface area contributed by atoms with E-state index in [1.165, 1.54) is 11.1 Å². The minimum atomic E-state index is -0.401. The average molecular weight is 329 g/mol. The molecule has 0 fully saturated rings. The number of amides is 2. The van der Waals surface area contributed by atoms with Crippen molar-refractivity contribution in [1.29, 1.82) is 0 Å². The second-order valence-corrected chi connectivity index (χ2v) is 5.77. The molecule has 0 aliphatic carbocycles. The highest BCUT2D eigenvalue weighted by molar-refractivity contribution is 6.30. The van der Waals surface area contributed by atoms with Gasteiger partial charge in [0.25, 0.3) is 0 Å². The molecule has 1 aliphatic heterocycles. The summed E-state index contributed by atoms with van der Waals surface area (Å²) in [5, 5.41) is 9.90. The molecule has 4 nitrogen and oxygen atoms in total. The molecule has 0 spiro atoms. The van der Waals surface area contributed by atoms with Crippen LogP contribution in [0.2, 0.25) is 0 Å². The van der Waals surface area contributed by atoms with Crippen LogP contribution in [-0.4, -0.2) is 27.7 Å². The minimum absolute atomic E-state index is 0.269. The number of urea groups is 1. The molecule has 2 aromatic rings. The van der Waals surface area contributed by atoms with Gasteiger partial charge in [-0.15, -0.1) is 0 Å². The van der Waals surface area contributed by atoms with Gasteiger partial charge in [-0.3, -0.25) is 4.90 Å². The molecule has 118 valence electrons. The SMILES string of the molecule is O=C1N(CO)C=C(Cl)C(c2ccccc2)N1Cc1ccccc1. The highest BCUT2D eigenvalue weighted by Gasteiger charge is 2.34. The summed E-state index contributed by atoms with van der Waals surface area (Å²) in [4.78, 5) is 15.6. The number of nitrogens with zero attached hydrogens (tertiary/aromatic N) is 2. The van der Waals surface area contributed by atoms with Gasteiger partial charge in [0.05, 0.1) is 11.1 Å². The van der Waals surface area contributed by atoms with Gasteiger partial charge in [-0.1, -0.05) is 72.3 Å². The van der Waals surface area contributed by atoms with Crippen LogP contribution in [0.5, 0.6) is 0 Å². The number of aliphatic hydroxyl groups is 1. The van der Waals surface area contributed by atoms with Crippen molar-refractivity contribution >= 4 is 17.6 Å². The Hall–Kier alpha value is -2.30. The number of rotatable bonds is 4. The Labute approximate surface area is 140 Å². The minimum Gasteiger partial charge on any atom is -0.376 e. The van der Waals surface area contributed by atoms with Crippen LogP contribution in [0.25, 0.3) is 0 Å². The Morgan fingerprint density at radius 3 is 2.22 bits per heavy atom. The molecule has 1 heterocycles. The molecule has 1 aliphatic rings. The molecule has 0 saturated heterocycles. The summed E-state index contributed by atoms with van der Waals surface area (Å²) < 4.78 is 0. The van der Waals surface area contributed by atoms with E-state index in [2.05, 4.69) is 0 Å². The van der Waals surface area contributed by atoms with Crippen molar-refractivity contribution in [3.05, 3.63) is 83.0 Å². The number of benzene rings is 2. The average Bonchev–Trinajstić information content (AvgIpc) is 2.59. The van der Waals surface area contributed by atoms with Crippen LogP contribution in [0.3, 0.4) is 0 Å². The fourth-order valence-corrected chi connectivity index (χ4v) is 3.08. The Morgan fingerprint density at radius 2 is 1.61 bits per heavy atom. The van der Waals surface area contributed by atoms with Gasteiger partial charge in [0.2, 0.25) is 0 Å². The Kier molecular flexibility index (Phi) is 4.65. The van der Waals surface area contributed by atoms with Crippen molar-refractivity contribution in [3.63, 3.8) is 0 Å². The zero-order chi connectivity index (χ0) is 16.2. The molecule has 0 bridgehead atoms. The van der Waals surface area contributed by atoms with E-state index in [1.54, 1.807) is 4.90 Å². The third kappa shape index (κ3) is 3.23. The van der Waals surface area contributed by atoms with E-state index in [0.29, 0.717) is 11.6 Å². The van der Waals surface area contributed by atoms with Crippen molar-refractivity contribution < 1.29 is 9.90 Å². The van der Waals surface area contributed by atoms with Gasteiger partial charge < -0.3 is 10.0 Å². The van der Waals surface area contributed by atoms with Gasteiger partial charge in [0, 0.05) is 12.7 Å². The number of carbonyl (C=O) groups excluding carboxylic acids is 1. The molecule has 0 aromatic heterocycles. The number of aliphatic hydroxyl groups excluding tert-OH is 1. The molecular formula is C18H17ClN2O2. The summed E-state index contributed by atoms with van der Waals surface area (Å²) in [6, 6.07) is 18.8. The van der Waals surface area contributed by atoms with Gasteiger partial charge in [0.15, 0.2) is 0 Å². The summed E-state index contributed by atoms with van der Waals surface area (Å²) in [6.07, 6.45) is 1.50. The standard InChI is InChI=1S/C18H17ClN2O2/c19-16-12-20(13-22)18(23)21(11-14-7-3-1-4-8-14)17(16)15-9-5-2-6-10-15/h1-10,12,17,22H,11,13H2. The lowest BCUT2D eigenvalue weighted by Gasteiger charge is -2.38. The maximum absolute atomic E-state index is 12.7. The lowest BCUT2D eigenvalue weighted by atomic mass is 10.0. The summed E-state index contributed by atoms with van der Waals surface area (Å²) in [5.41, 5.74) is 1.95. The first-order valence-corrected chi connectivity index (χ1v) is 7.72. The number of carbonyl (C=O) groups is 1. The third-order valence-corrected chi connectivity index (χ3v) is 4.11. The number of hydrogen-bond acceptors (Lipinski definition) is 2. The maximum atomic E-state index is 12.7. The summed E-state index contributed by atoms with van der Waals surface area (Å²) in [6.45, 7) is 0.0155. The monoisotopic (exact) mass is 328 g/mol. The normalized spacial score (nSPS) is 18.1. The highest BCUT2D eigenvalue weighted by Crippen LogP contribution is 2.36. The first kappa shape index (κ1) is 15.6. The van der Waals surface area contributed by atoms with Crippen LogP contribution >= 0.6 is 11.6 Å². The van der Waals surface area contributed by atoms with Gasteiger partial charge >= 0.3 is 6.03 Å². The Balaban J connectivity index is 2.00. The van der Waals surface area contributed by atoms with Crippen LogP contribution < -0.4 is 0 Å². The summed E-state index contributed by atoms with van der Waals surface area (Å²) in [7, 11) is 0. The fourth-order valence-electron chi connectivity index (χ4n) is 2.71. The van der Waals surface area contributed by atoms with Crippen LogP contribution in [-0.2, 0) is 6.54 Å². The van der Waals surface area contributed by atoms with Crippen LogP contribution in [0.1, 0.15) is 17.2 Å². The smallest absolute Gasteiger partial charge is 0.327 e. The highest BCUT2D eigenvalue weighted by atomic mass is 35.5. The van der Waals surface area contributed by atoms with Crippen LogP contribution in [0.15, 0.2) is 71.9 Å². The number of halogens is 1. The first-order valence-electron chi connectivity index (χ1n) is 7.35. The second kappa shape index (κ2) is 6.86. The Bertz CT molecular complexity index is 703. The van der Waals surface area contributed by atoms with Crippen molar-refractivity contribution in [3.8, 4) is 0 Å². The van der Waals surface area contributed by atoms with Crippen molar-refractivity contribution in [2.24, 2.45) is 0 Å². The van der Waals surface area contributed by atoms with E-state index in [0.717, 1.165) is 11.1 Å². The van der Waals surface area contributed by atoms with E-state index < -0.39 is 6.73 Å². The Morgan fingerprint density at radius 1 is 1.00 bits per heavy atom. The first-order chi connectivity index (χ1) is 11.2. The maximum Gasteiger partial charge on any atom is 0.327 e. The molecule has 23 heavy (non-hydrogen) atoms. The van der Waals surface area contributed by atoms with Crippen molar-refractivity contribution in [1.82, 2.24) is 9.80 Å². The zero-order valence-corrected chi connectivity index (χ0v) is 13.2. The number of hydrogen-bond donors (Lipinski definition) is 1. The van der Waals surface area contributed by atoms with E-state index in [4.69, 9.17) is 11.6 Å². The predicted molar refractivity (Wildman–Crippen MR) is 89.4 cm³/mol. The molecule has 1 atom stereocenters. The van der Waals surface area contributed by atoms with Crippen molar-refractivity contribution in [2.45, 2.75) is 12.6 Å². The van der Waals surface area contributed by atoms with Gasteiger partial charge in [0.1, 0.15) is 6.73 Å². The van der Waals surface area contributed by atoms with Crippen LogP contribution in [0.4, 0.5) is 4.79 Å². The van der Waals surface area contributed by atoms with E-state index in [9.17, 15) is 9.90 Å². The molecule has 2 aromatic carbocycles.